The highest BCUT2D eigenvalue weighted by Gasteiger charge is 2.34. The van der Waals surface area contributed by atoms with Crippen molar-refractivity contribution in [2.75, 3.05) is 11.1 Å². The molecule has 1 aliphatic rings. The molecule has 88 valence electrons. The summed E-state index contributed by atoms with van der Waals surface area (Å²) >= 11 is 6.05. The summed E-state index contributed by atoms with van der Waals surface area (Å²) in [6, 6.07) is 0.402. The number of aromatic nitrogens is 2. The molecule has 16 heavy (non-hydrogen) atoms. The fraction of sp³-hybridized carbons (Fsp3) is 0.636. The van der Waals surface area contributed by atoms with Crippen molar-refractivity contribution in [1.29, 1.82) is 0 Å². The predicted octanol–water partition coefficient (Wildman–Crippen LogP) is 2.70. The lowest BCUT2D eigenvalue weighted by Gasteiger charge is -2.28. The van der Waals surface area contributed by atoms with Crippen LogP contribution in [0.15, 0.2) is 6.33 Å². The van der Waals surface area contributed by atoms with Crippen LogP contribution in [0.5, 0.6) is 0 Å². The first kappa shape index (κ1) is 11.5. The Morgan fingerprint density at radius 1 is 1.50 bits per heavy atom. The van der Waals surface area contributed by atoms with Crippen molar-refractivity contribution in [3.63, 3.8) is 0 Å². The van der Waals surface area contributed by atoms with E-state index >= 15 is 0 Å². The number of nitrogens with zero attached hydrogens (tertiary/aromatic N) is 2. The normalized spacial score (nSPS) is 23.3. The van der Waals surface area contributed by atoms with E-state index in [9.17, 15) is 0 Å². The highest BCUT2D eigenvalue weighted by Crippen LogP contribution is 2.39. The molecule has 2 rings (SSSR count). The topological polar surface area (TPSA) is 63.8 Å². The molecule has 1 unspecified atom stereocenters. The second kappa shape index (κ2) is 4.09. The minimum absolute atomic E-state index is 0.281. The molecule has 1 atom stereocenters. The van der Waals surface area contributed by atoms with Crippen molar-refractivity contribution in [3.8, 4) is 0 Å². The predicted molar refractivity (Wildman–Crippen MR) is 66.5 cm³/mol. The van der Waals surface area contributed by atoms with Crippen LogP contribution in [0.25, 0.3) is 0 Å². The number of anilines is 2. The molecule has 3 N–H and O–H groups in total. The Morgan fingerprint density at radius 2 is 2.25 bits per heavy atom. The fourth-order valence-electron chi connectivity index (χ4n) is 2.24. The number of rotatable bonds is 2. The van der Waals surface area contributed by atoms with Crippen LogP contribution in [-0.4, -0.2) is 16.0 Å². The lowest BCUT2D eigenvalue weighted by atomic mass is 9.87. The molecule has 1 heterocycles. The van der Waals surface area contributed by atoms with Gasteiger partial charge in [0.1, 0.15) is 17.2 Å². The summed E-state index contributed by atoms with van der Waals surface area (Å²) in [5.74, 6) is 0.976. The number of hydrogen-bond acceptors (Lipinski definition) is 4. The van der Waals surface area contributed by atoms with Gasteiger partial charge >= 0.3 is 0 Å². The van der Waals surface area contributed by atoms with Gasteiger partial charge in [0.15, 0.2) is 5.82 Å². The highest BCUT2D eigenvalue weighted by molar-refractivity contribution is 6.35. The highest BCUT2D eigenvalue weighted by atomic mass is 35.5. The summed E-state index contributed by atoms with van der Waals surface area (Å²) in [6.45, 7) is 4.52. The van der Waals surface area contributed by atoms with Crippen molar-refractivity contribution >= 4 is 23.2 Å². The van der Waals surface area contributed by atoms with Gasteiger partial charge in [-0.15, -0.1) is 0 Å². The van der Waals surface area contributed by atoms with E-state index in [1.54, 1.807) is 0 Å². The van der Waals surface area contributed by atoms with Crippen LogP contribution in [0.1, 0.15) is 33.1 Å². The average Bonchev–Trinajstić information content (AvgIpc) is 2.54. The van der Waals surface area contributed by atoms with Crippen molar-refractivity contribution in [1.82, 2.24) is 9.97 Å². The Kier molecular flexibility index (Phi) is 2.93. The van der Waals surface area contributed by atoms with Crippen LogP contribution in [-0.2, 0) is 0 Å². The molecule has 0 spiro atoms. The van der Waals surface area contributed by atoms with Crippen molar-refractivity contribution in [3.05, 3.63) is 11.3 Å². The molecular weight excluding hydrogens is 224 g/mol. The molecule has 0 bridgehead atoms. The van der Waals surface area contributed by atoms with Gasteiger partial charge in [0.25, 0.3) is 0 Å². The minimum Gasteiger partial charge on any atom is -0.382 e. The van der Waals surface area contributed by atoms with E-state index in [4.69, 9.17) is 17.3 Å². The molecule has 1 saturated carbocycles. The Labute approximate surface area is 101 Å². The molecular formula is C11H17ClN4. The number of halogens is 1. The molecule has 0 aromatic carbocycles. The largest absolute Gasteiger partial charge is 0.382 e. The zero-order valence-corrected chi connectivity index (χ0v) is 10.4. The monoisotopic (exact) mass is 240 g/mol. The number of hydrogen-bond donors (Lipinski definition) is 2. The third kappa shape index (κ3) is 2.07. The van der Waals surface area contributed by atoms with Gasteiger partial charge in [-0.25, -0.2) is 9.97 Å². The van der Waals surface area contributed by atoms with Crippen LogP contribution in [0, 0.1) is 5.41 Å². The number of nitrogen functional groups attached to an aromatic ring is 1. The fourth-order valence-corrected chi connectivity index (χ4v) is 2.40. The summed E-state index contributed by atoms with van der Waals surface area (Å²) in [6.07, 6.45) is 5.05. The summed E-state index contributed by atoms with van der Waals surface area (Å²) in [5, 5.41) is 3.80. The van der Waals surface area contributed by atoms with E-state index in [-0.39, 0.29) is 5.41 Å². The Bertz CT molecular complexity index is 392. The number of nitrogens with two attached hydrogens (primary N) is 1. The van der Waals surface area contributed by atoms with E-state index in [0.29, 0.717) is 22.7 Å². The molecule has 0 saturated heterocycles. The van der Waals surface area contributed by atoms with Gasteiger partial charge in [0.05, 0.1) is 0 Å². The van der Waals surface area contributed by atoms with Crippen LogP contribution in [0.2, 0.25) is 5.02 Å². The standard InChI is InChI=1S/C11H17ClN4/c1-11(2)5-3-4-7(11)16-10-8(12)9(13)14-6-15-10/h6-7H,3-5H2,1-2H3,(H3,13,14,15,16). The molecule has 4 nitrogen and oxygen atoms in total. The summed E-state index contributed by atoms with van der Waals surface area (Å²) in [4.78, 5) is 7.98. The first-order chi connectivity index (χ1) is 7.50. The second-order valence-electron chi connectivity index (χ2n) is 5.00. The first-order valence-corrected chi connectivity index (χ1v) is 5.91. The first-order valence-electron chi connectivity index (χ1n) is 5.53. The van der Waals surface area contributed by atoms with E-state index in [1.165, 1.54) is 19.2 Å². The van der Waals surface area contributed by atoms with E-state index < -0.39 is 0 Å². The van der Waals surface area contributed by atoms with E-state index in [2.05, 4.69) is 29.1 Å². The van der Waals surface area contributed by atoms with Crippen molar-refractivity contribution < 1.29 is 0 Å². The van der Waals surface area contributed by atoms with Gasteiger partial charge in [0, 0.05) is 6.04 Å². The smallest absolute Gasteiger partial charge is 0.150 e. The summed E-state index contributed by atoms with van der Waals surface area (Å²) < 4.78 is 0. The van der Waals surface area contributed by atoms with Crippen LogP contribution < -0.4 is 11.1 Å². The van der Waals surface area contributed by atoms with Crippen LogP contribution in [0.3, 0.4) is 0 Å². The molecule has 0 amide bonds. The van der Waals surface area contributed by atoms with Crippen LogP contribution >= 0.6 is 11.6 Å². The SMILES string of the molecule is CC1(C)CCCC1Nc1ncnc(N)c1Cl. The molecule has 1 fully saturated rings. The average molecular weight is 241 g/mol. The summed E-state index contributed by atoms with van der Waals surface area (Å²) in [5.41, 5.74) is 5.92. The quantitative estimate of drug-likeness (QED) is 0.834. The van der Waals surface area contributed by atoms with Crippen LogP contribution in [0.4, 0.5) is 11.6 Å². The molecule has 1 aromatic heterocycles. The van der Waals surface area contributed by atoms with Gasteiger partial charge in [-0.1, -0.05) is 31.9 Å². The molecule has 5 heteroatoms. The Morgan fingerprint density at radius 3 is 2.88 bits per heavy atom. The van der Waals surface area contributed by atoms with Gasteiger partial charge in [-0.2, -0.15) is 0 Å². The zero-order valence-electron chi connectivity index (χ0n) is 9.63. The third-order valence-electron chi connectivity index (χ3n) is 3.38. The second-order valence-corrected chi connectivity index (χ2v) is 5.38. The molecule has 0 radical (unpaired) electrons. The van der Waals surface area contributed by atoms with Crippen molar-refractivity contribution in [2.24, 2.45) is 5.41 Å². The molecule has 1 aliphatic carbocycles. The van der Waals surface area contributed by atoms with E-state index in [0.717, 1.165) is 6.42 Å². The van der Waals surface area contributed by atoms with Crippen molar-refractivity contribution in [2.45, 2.75) is 39.2 Å². The summed E-state index contributed by atoms with van der Waals surface area (Å²) in [7, 11) is 0. The zero-order chi connectivity index (χ0) is 11.8. The lowest BCUT2D eigenvalue weighted by molar-refractivity contribution is 0.349. The molecule has 0 aliphatic heterocycles. The Balaban J connectivity index is 2.18. The van der Waals surface area contributed by atoms with Gasteiger partial charge in [0.2, 0.25) is 0 Å². The van der Waals surface area contributed by atoms with Gasteiger partial charge in [-0.3, -0.25) is 0 Å². The maximum absolute atomic E-state index is 6.05. The number of nitrogens with one attached hydrogen (secondary N) is 1. The lowest BCUT2D eigenvalue weighted by Crippen LogP contribution is -2.31. The minimum atomic E-state index is 0.281. The third-order valence-corrected chi connectivity index (χ3v) is 3.76. The van der Waals surface area contributed by atoms with Gasteiger partial charge in [-0.05, 0) is 18.3 Å². The molecule has 1 aromatic rings. The maximum Gasteiger partial charge on any atom is 0.150 e. The Hall–Kier alpha value is -1.03. The maximum atomic E-state index is 6.05. The van der Waals surface area contributed by atoms with E-state index in [1.807, 2.05) is 0 Å². The van der Waals surface area contributed by atoms with Gasteiger partial charge < -0.3 is 11.1 Å².